The number of carboxylic acids is 1. The van der Waals surface area contributed by atoms with E-state index in [4.69, 9.17) is 11.0 Å². The van der Waals surface area contributed by atoms with Crippen LogP contribution in [0.5, 0.6) is 0 Å². The first-order valence-corrected chi connectivity index (χ1v) is 4.13. The zero-order valence-electron chi connectivity index (χ0n) is 6.48. The van der Waals surface area contributed by atoms with Gasteiger partial charge in [0.05, 0.1) is 5.97 Å². The molecule has 0 atom stereocenters. The molecular formula is C8H5N2O2S-. The summed E-state index contributed by atoms with van der Waals surface area (Å²) < 4.78 is 0. The second-order valence-electron chi connectivity index (χ2n) is 2.23. The van der Waals surface area contributed by atoms with Gasteiger partial charge in [0.15, 0.2) is 0 Å². The molecule has 0 saturated heterocycles. The lowest BCUT2D eigenvalue weighted by Crippen LogP contribution is -2.23. The van der Waals surface area contributed by atoms with Crippen molar-refractivity contribution in [1.82, 2.24) is 0 Å². The van der Waals surface area contributed by atoms with E-state index >= 15 is 0 Å². The minimum atomic E-state index is -1.34. The molecule has 0 aliphatic rings. The third-order valence-corrected chi connectivity index (χ3v) is 1.99. The van der Waals surface area contributed by atoms with Gasteiger partial charge < -0.3 is 15.6 Å². The van der Waals surface area contributed by atoms with E-state index in [2.05, 4.69) is 0 Å². The molecule has 0 aliphatic heterocycles. The Morgan fingerprint density at radius 1 is 1.62 bits per heavy atom. The number of nitrogens with zero attached hydrogens (tertiary/aromatic N) is 1. The maximum atomic E-state index is 10.5. The summed E-state index contributed by atoms with van der Waals surface area (Å²) in [7, 11) is 0. The van der Waals surface area contributed by atoms with Crippen LogP contribution in [0, 0.1) is 10.7 Å². The highest BCUT2D eigenvalue weighted by molar-refractivity contribution is 8.03. The first kappa shape index (κ1) is 9.42. The van der Waals surface area contributed by atoms with Crippen LogP contribution < -0.4 is 10.8 Å². The van der Waals surface area contributed by atoms with Crippen molar-refractivity contribution in [2.24, 2.45) is 0 Å². The van der Waals surface area contributed by atoms with Crippen LogP contribution in [-0.4, -0.2) is 5.97 Å². The van der Waals surface area contributed by atoms with Gasteiger partial charge in [-0.2, -0.15) is 5.26 Å². The molecular weight excluding hydrogens is 188 g/mol. The fourth-order valence-electron chi connectivity index (χ4n) is 0.828. The standard InChI is InChI=1S/C8H6N2O2S/c9-4-13-5-1-2-7(10)6(3-5)8(11)12/h1-3H,10H2,(H,11,12)/p-1. The Morgan fingerprint density at radius 3 is 2.85 bits per heavy atom. The highest BCUT2D eigenvalue weighted by Gasteiger charge is 2.01. The smallest absolute Gasteiger partial charge is 0.138 e. The number of aromatic carboxylic acids is 1. The minimum absolute atomic E-state index is 0.0831. The second-order valence-corrected chi connectivity index (χ2v) is 3.09. The van der Waals surface area contributed by atoms with E-state index in [0.717, 1.165) is 11.8 Å². The lowest BCUT2D eigenvalue weighted by atomic mass is 10.2. The third kappa shape index (κ3) is 2.13. The Labute approximate surface area is 79.0 Å². The number of nitriles is 1. The first-order chi connectivity index (χ1) is 6.15. The molecule has 1 aromatic rings. The fourth-order valence-corrected chi connectivity index (χ4v) is 1.25. The number of carbonyl (C=O) groups is 1. The van der Waals surface area contributed by atoms with E-state index in [9.17, 15) is 9.90 Å². The van der Waals surface area contributed by atoms with Crippen LogP contribution in [-0.2, 0) is 0 Å². The molecule has 4 nitrogen and oxygen atoms in total. The lowest BCUT2D eigenvalue weighted by Gasteiger charge is -2.06. The summed E-state index contributed by atoms with van der Waals surface area (Å²) in [5.74, 6) is -1.34. The largest absolute Gasteiger partial charge is 0.545 e. The van der Waals surface area contributed by atoms with E-state index in [1.54, 1.807) is 6.07 Å². The van der Waals surface area contributed by atoms with Gasteiger partial charge in [-0.1, -0.05) is 0 Å². The minimum Gasteiger partial charge on any atom is -0.545 e. The number of hydrogen-bond donors (Lipinski definition) is 1. The number of thiocyanates is 1. The molecule has 0 spiro atoms. The van der Waals surface area contributed by atoms with Crippen molar-refractivity contribution in [3.05, 3.63) is 23.8 Å². The highest BCUT2D eigenvalue weighted by atomic mass is 32.2. The predicted molar refractivity (Wildman–Crippen MR) is 46.7 cm³/mol. The number of hydrogen-bond acceptors (Lipinski definition) is 5. The van der Waals surface area contributed by atoms with Gasteiger partial charge in [-0.3, -0.25) is 0 Å². The Kier molecular flexibility index (Phi) is 2.77. The number of carbonyl (C=O) groups excluding carboxylic acids is 1. The summed E-state index contributed by atoms with van der Waals surface area (Å²) in [6.45, 7) is 0. The van der Waals surface area contributed by atoms with E-state index in [-0.39, 0.29) is 11.3 Å². The van der Waals surface area contributed by atoms with E-state index in [1.807, 2.05) is 5.40 Å². The number of anilines is 1. The molecule has 0 amide bonds. The molecule has 0 unspecified atom stereocenters. The van der Waals surface area contributed by atoms with Crippen LogP contribution in [0.2, 0.25) is 0 Å². The second kappa shape index (κ2) is 3.83. The molecule has 0 aromatic heterocycles. The topological polar surface area (TPSA) is 89.9 Å². The van der Waals surface area contributed by atoms with Gasteiger partial charge in [0.25, 0.3) is 0 Å². The average molecular weight is 193 g/mol. The number of thioether (sulfide) groups is 1. The third-order valence-electron chi connectivity index (χ3n) is 1.41. The van der Waals surface area contributed by atoms with Crippen molar-refractivity contribution in [2.45, 2.75) is 4.90 Å². The van der Waals surface area contributed by atoms with Gasteiger partial charge in [0, 0.05) is 16.1 Å². The number of benzene rings is 1. The Morgan fingerprint density at radius 2 is 2.31 bits per heavy atom. The van der Waals surface area contributed by atoms with Crippen molar-refractivity contribution in [1.29, 1.82) is 5.26 Å². The summed E-state index contributed by atoms with van der Waals surface area (Å²) in [4.78, 5) is 11.0. The molecule has 5 heteroatoms. The molecule has 13 heavy (non-hydrogen) atoms. The lowest BCUT2D eigenvalue weighted by molar-refractivity contribution is -0.254. The van der Waals surface area contributed by atoms with Crippen LogP contribution in [0.15, 0.2) is 23.1 Å². The molecule has 0 saturated carbocycles. The summed E-state index contributed by atoms with van der Waals surface area (Å²) in [5.41, 5.74) is 5.43. The van der Waals surface area contributed by atoms with Crippen LogP contribution >= 0.6 is 11.8 Å². The van der Waals surface area contributed by atoms with Gasteiger partial charge in [-0.25, -0.2) is 0 Å². The highest BCUT2D eigenvalue weighted by Crippen LogP contribution is 2.21. The first-order valence-electron chi connectivity index (χ1n) is 3.32. The van der Waals surface area contributed by atoms with Crippen LogP contribution in [0.25, 0.3) is 0 Å². The average Bonchev–Trinajstić information content (AvgIpc) is 2.08. The van der Waals surface area contributed by atoms with Gasteiger partial charge in [0.1, 0.15) is 5.40 Å². The summed E-state index contributed by atoms with van der Waals surface area (Å²) in [5, 5.41) is 20.7. The van der Waals surface area contributed by atoms with E-state index in [0.29, 0.717) is 4.90 Å². The zero-order chi connectivity index (χ0) is 9.84. The van der Waals surface area contributed by atoms with Crippen molar-refractivity contribution in [2.75, 3.05) is 5.73 Å². The van der Waals surface area contributed by atoms with Crippen molar-refractivity contribution < 1.29 is 9.90 Å². The predicted octanol–water partition coefficient (Wildman–Crippen LogP) is 0.205. The molecule has 0 heterocycles. The molecule has 1 aromatic carbocycles. The zero-order valence-corrected chi connectivity index (χ0v) is 7.30. The molecule has 1 rings (SSSR count). The number of nitrogen functional groups attached to an aromatic ring is 1. The van der Waals surface area contributed by atoms with Crippen LogP contribution in [0.3, 0.4) is 0 Å². The Hall–Kier alpha value is -1.67. The maximum absolute atomic E-state index is 10.5. The van der Waals surface area contributed by atoms with Gasteiger partial charge in [0.2, 0.25) is 0 Å². The van der Waals surface area contributed by atoms with Crippen molar-refractivity contribution in [3.8, 4) is 5.40 Å². The van der Waals surface area contributed by atoms with E-state index in [1.165, 1.54) is 12.1 Å². The summed E-state index contributed by atoms with van der Waals surface area (Å²) in [6, 6.07) is 4.33. The number of rotatable bonds is 2. The van der Waals surface area contributed by atoms with Crippen LogP contribution in [0.1, 0.15) is 10.4 Å². The number of nitrogens with two attached hydrogens (primary N) is 1. The van der Waals surface area contributed by atoms with Crippen molar-refractivity contribution in [3.63, 3.8) is 0 Å². The van der Waals surface area contributed by atoms with Gasteiger partial charge in [-0.15, -0.1) is 0 Å². The maximum Gasteiger partial charge on any atom is 0.138 e. The number of carboxylic acid groups (broad SMARTS) is 1. The molecule has 0 radical (unpaired) electrons. The van der Waals surface area contributed by atoms with Gasteiger partial charge in [-0.05, 0) is 30.0 Å². The quantitative estimate of drug-likeness (QED) is 0.412. The molecule has 0 fully saturated rings. The van der Waals surface area contributed by atoms with E-state index < -0.39 is 5.97 Å². The van der Waals surface area contributed by atoms with Crippen LogP contribution in [0.4, 0.5) is 5.69 Å². The van der Waals surface area contributed by atoms with Gasteiger partial charge >= 0.3 is 0 Å². The molecule has 0 aliphatic carbocycles. The Bertz CT molecular complexity index is 384. The molecule has 2 N–H and O–H groups in total. The molecule has 0 bridgehead atoms. The normalized spacial score (nSPS) is 9.15. The summed E-state index contributed by atoms with van der Waals surface area (Å²) in [6.07, 6.45) is 0. The monoisotopic (exact) mass is 193 g/mol. The molecule has 66 valence electrons. The van der Waals surface area contributed by atoms with Crippen molar-refractivity contribution >= 4 is 23.4 Å². The Balaban J connectivity index is 3.13. The fraction of sp³-hybridized carbons (Fsp3) is 0. The summed E-state index contributed by atoms with van der Waals surface area (Å²) >= 11 is 0.874. The SMILES string of the molecule is N#CSc1ccc(N)c(C(=O)[O-])c1.